The lowest BCUT2D eigenvalue weighted by atomic mass is 9.85. The summed E-state index contributed by atoms with van der Waals surface area (Å²) in [6.07, 6.45) is 9.48. The van der Waals surface area contributed by atoms with Crippen molar-refractivity contribution in [3.05, 3.63) is 47.0 Å². The molecule has 2 aromatic heterocycles. The lowest BCUT2D eigenvalue weighted by Crippen LogP contribution is -2.52. The SMILES string of the molecule is Cc1cccc(CN2CCN(Cc3cn[nH]c3C3CCCCC3)C[C@H]2CCO)n1. The number of aromatic nitrogens is 3. The highest BCUT2D eigenvalue weighted by molar-refractivity contribution is 5.21. The molecule has 2 aliphatic rings. The van der Waals surface area contributed by atoms with Gasteiger partial charge < -0.3 is 5.11 Å². The second-order valence-corrected chi connectivity index (χ2v) is 8.79. The molecule has 3 heterocycles. The second kappa shape index (κ2) is 9.83. The molecule has 0 radical (unpaired) electrons. The van der Waals surface area contributed by atoms with Crippen LogP contribution in [-0.4, -0.2) is 62.4 Å². The molecule has 1 saturated heterocycles. The fraction of sp³-hybridized carbons (Fsp3) is 0.652. The normalized spacial score (nSPS) is 22.2. The van der Waals surface area contributed by atoms with Crippen molar-refractivity contribution in [2.45, 2.75) is 70.5 Å². The molecule has 29 heavy (non-hydrogen) atoms. The molecule has 1 aliphatic carbocycles. The van der Waals surface area contributed by atoms with E-state index in [1.54, 1.807) is 0 Å². The van der Waals surface area contributed by atoms with Gasteiger partial charge in [0.05, 0.1) is 11.9 Å². The minimum absolute atomic E-state index is 0.231. The van der Waals surface area contributed by atoms with Gasteiger partial charge in [-0.15, -0.1) is 0 Å². The molecule has 1 atom stereocenters. The van der Waals surface area contributed by atoms with Crippen LogP contribution in [0, 0.1) is 6.92 Å². The van der Waals surface area contributed by atoms with Crippen LogP contribution >= 0.6 is 0 Å². The van der Waals surface area contributed by atoms with Gasteiger partial charge in [-0.25, -0.2) is 0 Å². The molecule has 4 rings (SSSR count). The molecule has 2 fully saturated rings. The Morgan fingerprint density at radius 2 is 2.00 bits per heavy atom. The summed E-state index contributed by atoms with van der Waals surface area (Å²) in [6.45, 7) is 7.14. The number of aliphatic hydroxyl groups excluding tert-OH is 1. The summed E-state index contributed by atoms with van der Waals surface area (Å²) < 4.78 is 0. The summed E-state index contributed by atoms with van der Waals surface area (Å²) in [6, 6.07) is 6.60. The Hall–Kier alpha value is -1.76. The van der Waals surface area contributed by atoms with Crippen molar-refractivity contribution >= 4 is 0 Å². The number of hydrogen-bond acceptors (Lipinski definition) is 5. The molecule has 2 N–H and O–H groups in total. The van der Waals surface area contributed by atoms with Gasteiger partial charge in [0.2, 0.25) is 0 Å². The van der Waals surface area contributed by atoms with Crippen LogP contribution in [0.15, 0.2) is 24.4 Å². The standard InChI is InChI=1S/C23H35N5O/c1-18-6-5-9-21(25-18)16-28-12-11-27(17-22(28)10-13-29)15-20-14-24-26-23(20)19-7-3-2-4-8-19/h5-6,9,14,19,22,29H,2-4,7-8,10-13,15-17H2,1H3,(H,24,26)/t22-/m1/s1. The van der Waals surface area contributed by atoms with Crippen LogP contribution in [-0.2, 0) is 13.1 Å². The minimum Gasteiger partial charge on any atom is -0.396 e. The van der Waals surface area contributed by atoms with E-state index in [0.29, 0.717) is 12.0 Å². The van der Waals surface area contributed by atoms with E-state index >= 15 is 0 Å². The molecular formula is C23H35N5O. The number of H-pyrrole nitrogens is 1. The molecule has 1 aliphatic heterocycles. The lowest BCUT2D eigenvalue weighted by molar-refractivity contribution is 0.0489. The zero-order valence-corrected chi connectivity index (χ0v) is 17.7. The largest absolute Gasteiger partial charge is 0.396 e. The van der Waals surface area contributed by atoms with Crippen LogP contribution in [0.4, 0.5) is 0 Å². The summed E-state index contributed by atoms with van der Waals surface area (Å²) in [5, 5.41) is 17.3. The number of pyridine rings is 1. The molecular weight excluding hydrogens is 362 g/mol. The molecule has 2 aromatic rings. The van der Waals surface area contributed by atoms with Gasteiger partial charge in [0.1, 0.15) is 0 Å². The van der Waals surface area contributed by atoms with E-state index in [1.807, 2.05) is 19.2 Å². The average Bonchev–Trinajstić information content (AvgIpc) is 3.19. The van der Waals surface area contributed by atoms with E-state index in [1.165, 1.54) is 43.4 Å². The van der Waals surface area contributed by atoms with E-state index < -0.39 is 0 Å². The Morgan fingerprint density at radius 1 is 1.14 bits per heavy atom. The Bertz CT molecular complexity index is 770. The third-order valence-electron chi connectivity index (χ3n) is 6.62. The number of aryl methyl sites for hydroxylation is 1. The predicted octanol–water partition coefficient (Wildman–Crippen LogP) is 3.23. The van der Waals surface area contributed by atoms with Crippen molar-refractivity contribution in [1.82, 2.24) is 25.0 Å². The Labute approximate surface area is 174 Å². The van der Waals surface area contributed by atoms with Crippen LogP contribution in [0.3, 0.4) is 0 Å². The molecule has 0 unspecified atom stereocenters. The maximum Gasteiger partial charge on any atom is 0.0547 e. The Kier molecular flexibility index (Phi) is 6.95. The smallest absolute Gasteiger partial charge is 0.0547 e. The van der Waals surface area contributed by atoms with Gasteiger partial charge in [0, 0.05) is 68.2 Å². The number of rotatable bonds is 7. The van der Waals surface area contributed by atoms with Gasteiger partial charge in [-0.1, -0.05) is 25.3 Å². The van der Waals surface area contributed by atoms with E-state index in [2.05, 4.69) is 37.1 Å². The number of aliphatic hydroxyl groups is 1. The molecule has 0 spiro atoms. The Balaban J connectivity index is 1.39. The van der Waals surface area contributed by atoms with Crippen molar-refractivity contribution in [1.29, 1.82) is 0 Å². The lowest BCUT2D eigenvalue weighted by Gasteiger charge is -2.41. The van der Waals surface area contributed by atoms with Gasteiger partial charge in [0.15, 0.2) is 0 Å². The number of piperazine rings is 1. The first-order valence-electron chi connectivity index (χ1n) is 11.2. The molecule has 0 bridgehead atoms. The molecule has 0 aromatic carbocycles. The number of aromatic amines is 1. The zero-order valence-electron chi connectivity index (χ0n) is 17.7. The van der Waals surface area contributed by atoms with Crippen LogP contribution in [0.25, 0.3) is 0 Å². The maximum atomic E-state index is 9.63. The van der Waals surface area contributed by atoms with Crippen molar-refractivity contribution in [2.75, 3.05) is 26.2 Å². The number of nitrogens with one attached hydrogen (secondary N) is 1. The highest BCUT2D eigenvalue weighted by Crippen LogP contribution is 2.33. The predicted molar refractivity (Wildman–Crippen MR) is 115 cm³/mol. The van der Waals surface area contributed by atoms with E-state index in [-0.39, 0.29) is 6.61 Å². The van der Waals surface area contributed by atoms with Gasteiger partial charge in [0.25, 0.3) is 0 Å². The highest BCUT2D eigenvalue weighted by atomic mass is 16.3. The molecule has 158 valence electrons. The zero-order chi connectivity index (χ0) is 20.1. The van der Waals surface area contributed by atoms with Crippen molar-refractivity contribution in [2.24, 2.45) is 0 Å². The topological polar surface area (TPSA) is 68.3 Å². The summed E-state index contributed by atoms with van der Waals surface area (Å²) in [4.78, 5) is 9.71. The van der Waals surface area contributed by atoms with E-state index in [0.717, 1.165) is 50.5 Å². The summed E-state index contributed by atoms with van der Waals surface area (Å²) in [5.41, 5.74) is 4.93. The second-order valence-electron chi connectivity index (χ2n) is 8.79. The quantitative estimate of drug-likeness (QED) is 0.751. The maximum absolute atomic E-state index is 9.63. The van der Waals surface area contributed by atoms with Crippen LogP contribution in [0.1, 0.15) is 67.1 Å². The fourth-order valence-corrected chi connectivity index (χ4v) is 5.06. The van der Waals surface area contributed by atoms with E-state index in [4.69, 9.17) is 0 Å². The fourth-order valence-electron chi connectivity index (χ4n) is 5.06. The molecule has 1 saturated carbocycles. The van der Waals surface area contributed by atoms with Crippen LogP contribution in [0.2, 0.25) is 0 Å². The van der Waals surface area contributed by atoms with Gasteiger partial charge in [-0.05, 0) is 38.3 Å². The third kappa shape index (κ3) is 5.24. The van der Waals surface area contributed by atoms with Gasteiger partial charge in [-0.3, -0.25) is 19.9 Å². The summed E-state index contributed by atoms with van der Waals surface area (Å²) >= 11 is 0. The molecule has 6 nitrogen and oxygen atoms in total. The first kappa shape index (κ1) is 20.5. The minimum atomic E-state index is 0.231. The number of hydrogen-bond donors (Lipinski definition) is 2. The van der Waals surface area contributed by atoms with Crippen LogP contribution in [0.5, 0.6) is 0 Å². The van der Waals surface area contributed by atoms with Crippen molar-refractivity contribution in [3.63, 3.8) is 0 Å². The van der Waals surface area contributed by atoms with E-state index in [9.17, 15) is 5.11 Å². The number of nitrogens with zero attached hydrogens (tertiary/aromatic N) is 4. The Morgan fingerprint density at radius 3 is 2.79 bits per heavy atom. The summed E-state index contributed by atoms with van der Waals surface area (Å²) in [7, 11) is 0. The van der Waals surface area contributed by atoms with Crippen LogP contribution < -0.4 is 0 Å². The average molecular weight is 398 g/mol. The molecule has 6 heteroatoms. The first-order chi connectivity index (χ1) is 14.2. The van der Waals surface area contributed by atoms with Gasteiger partial charge in [-0.2, -0.15) is 5.10 Å². The van der Waals surface area contributed by atoms with Crippen molar-refractivity contribution in [3.8, 4) is 0 Å². The van der Waals surface area contributed by atoms with Crippen molar-refractivity contribution < 1.29 is 5.11 Å². The third-order valence-corrected chi connectivity index (χ3v) is 6.62. The first-order valence-corrected chi connectivity index (χ1v) is 11.2. The monoisotopic (exact) mass is 397 g/mol. The molecule has 0 amide bonds. The summed E-state index contributed by atoms with van der Waals surface area (Å²) in [5.74, 6) is 0.656. The highest BCUT2D eigenvalue weighted by Gasteiger charge is 2.28. The van der Waals surface area contributed by atoms with Gasteiger partial charge >= 0.3 is 0 Å².